The van der Waals surface area contributed by atoms with Crippen molar-refractivity contribution in [2.24, 2.45) is 5.92 Å². The first-order chi connectivity index (χ1) is 12.0. The lowest BCUT2D eigenvalue weighted by Crippen LogP contribution is -2.35. The second-order valence-electron chi connectivity index (χ2n) is 6.61. The molecule has 1 aliphatic rings. The van der Waals surface area contributed by atoms with Crippen LogP contribution in [0.15, 0.2) is 18.2 Å². The van der Waals surface area contributed by atoms with Gasteiger partial charge in [-0.25, -0.2) is 0 Å². The maximum atomic E-state index is 12.0. The Kier molecular flexibility index (Phi) is 6.98. The number of para-hydroxylation sites is 1. The van der Waals surface area contributed by atoms with Crippen molar-refractivity contribution in [3.05, 3.63) is 29.3 Å². The van der Waals surface area contributed by atoms with E-state index in [4.69, 9.17) is 4.74 Å². The number of amides is 2. The molecular formula is C19H26N2O4. The number of esters is 1. The summed E-state index contributed by atoms with van der Waals surface area (Å²) in [5.74, 6) is -0.750. The van der Waals surface area contributed by atoms with Crippen molar-refractivity contribution < 1.29 is 19.1 Å². The van der Waals surface area contributed by atoms with Crippen LogP contribution in [0.4, 0.5) is 5.69 Å². The molecule has 0 radical (unpaired) electrons. The summed E-state index contributed by atoms with van der Waals surface area (Å²) in [5.41, 5.74) is 2.67. The van der Waals surface area contributed by atoms with Crippen molar-refractivity contribution in [1.82, 2.24) is 5.32 Å². The SMILES string of the molecule is Cc1cccc(C)c1NC(=O)CNC(=O)COC(=O)CC1CCCC1. The van der Waals surface area contributed by atoms with Gasteiger partial charge in [-0.05, 0) is 43.7 Å². The first-order valence-corrected chi connectivity index (χ1v) is 8.74. The molecule has 1 aromatic carbocycles. The van der Waals surface area contributed by atoms with Gasteiger partial charge in [-0.2, -0.15) is 0 Å². The maximum Gasteiger partial charge on any atom is 0.306 e. The van der Waals surface area contributed by atoms with Crippen LogP contribution in [0.3, 0.4) is 0 Å². The van der Waals surface area contributed by atoms with E-state index < -0.39 is 5.91 Å². The standard InChI is InChI=1S/C19H26N2O4/c1-13-6-5-7-14(2)19(13)21-16(22)11-20-17(23)12-25-18(24)10-15-8-3-4-9-15/h5-7,15H,3-4,8-12H2,1-2H3,(H,20,23)(H,21,22). The van der Waals surface area contributed by atoms with Crippen LogP contribution in [-0.2, 0) is 19.1 Å². The fourth-order valence-electron chi connectivity index (χ4n) is 3.08. The van der Waals surface area contributed by atoms with Gasteiger partial charge in [-0.15, -0.1) is 0 Å². The highest BCUT2D eigenvalue weighted by Gasteiger charge is 2.19. The number of benzene rings is 1. The summed E-state index contributed by atoms with van der Waals surface area (Å²) in [7, 11) is 0. The molecule has 2 N–H and O–H groups in total. The number of carbonyl (C=O) groups excluding carboxylic acids is 3. The number of ether oxygens (including phenoxy) is 1. The molecule has 0 spiro atoms. The lowest BCUT2D eigenvalue weighted by Gasteiger charge is -2.12. The monoisotopic (exact) mass is 346 g/mol. The van der Waals surface area contributed by atoms with Crippen LogP contribution < -0.4 is 10.6 Å². The molecule has 1 fully saturated rings. The lowest BCUT2D eigenvalue weighted by atomic mass is 10.1. The van der Waals surface area contributed by atoms with Crippen molar-refractivity contribution in [3.8, 4) is 0 Å². The van der Waals surface area contributed by atoms with E-state index in [-0.39, 0.29) is 25.0 Å². The van der Waals surface area contributed by atoms with E-state index in [1.807, 2.05) is 32.0 Å². The van der Waals surface area contributed by atoms with Gasteiger partial charge >= 0.3 is 5.97 Å². The van der Waals surface area contributed by atoms with Gasteiger partial charge in [-0.1, -0.05) is 31.0 Å². The number of anilines is 1. The van der Waals surface area contributed by atoms with Crippen LogP contribution >= 0.6 is 0 Å². The molecule has 0 saturated heterocycles. The van der Waals surface area contributed by atoms with Crippen LogP contribution in [-0.4, -0.2) is 30.9 Å². The molecule has 2 rings (SSSR count). The van der Waals surface area contributed by atoms with Crippen molar-refractivity contribution in [2.75, 3.05) is 18.5 Å². The summed E-state index contributed by atoms with van der Waals surface area (Å²) in [6.07, 6.45) is 4.81. The Hall–Kier alpha value is -2.37. The average Bonchev–Trinajstić information content (AvgIpc) is 3.07. The number of hydrogen-bond donors (Lipinski definition) is 2. The normalized spacial score (nSPS) is 14.2. The Balaban J connectivity index is 1.67. The number of nitrogens with one attached hydrogen (secondary N) is 2. The smallest absolute Gasteiger partial charge is 0.306 e. The highest BCUT2D eigenvalue weighted by Crippen LogP contribution is 2.27. The van der Waals surface area contributed by atoms with Crippen LogP contribution in [0.5, 0.6) is 0 Å². The van der Waals surface area contributed by atoms with Gasteiger partial charge in [0, 0.05) is 12.1 Å². The van der Waals surface area contributed by atoms with Crippen molar-refractivity contribution in [1.29, 1.82) is 0 Å². The van der Waals surface area contributed by atoms with E-state index in [1.165, 1.54) is 0 Å². The van der Waals surface area contributed by atoms with Gasteiger partial charge in [0.15, 0.2) is 6.61 Å². The molecule has 0 heterocycles. The maximum absolute atomic E-state index is 12.0. The predicted octanol–water partition coefficient (Wildman–Crippen LogP) is 2.48. The van der Waals surface area contributed by atoms with Crippen LogP contribution in [0.25, 0.3) is 0 Å². The minimum Gasteiger partial charge on any atom is -0.456 e. The molecule has 0 aliphatic heterocycles. The van der Waals surface area contributed by atoms with E-state index >= 15 is 0 Å². The zero-order chi connectivity index (χ0) is 18.2. The second-order valence-corrected chi connectivity index (χ2v) is 6.61. The number of hydrogen-bond acceptors (Lipinski definition) is 4. The van der Waals surface area contributed by atoms with Gasteiger partial charge in [-0.3, -0.25) is 14.4 Å². The topological polar surface area (TPSA) is 84.5 Å². The van der Waals surface area contributed by atoms with Gasteiger partial charge in [0.2, 0.25) is 5.91 Å². The number of rotatable bonds is 7. The quantitative estimate of drug-likeness (QED) is 0.743. The molecule has 1 aliphatic carbocycles. The molecule has 2 amide bonds. The molecular weight excluding hydrogens is 320 g/mol. The van der Waals surface area contributed by atoms with E-state index in [2.05, 4.69) is 10.6 Å². The summed E-state index contributed by atoms with van der Waals surface area (Å²) >= 11 is 0. The predicted molar refractivity (Wildman–Crippen MR) is 95.1 cm³/mol. The Morgan fingerprint density at radius 2 is 1.72 bits per heavy atom. The fraction of sp³-hybridized carbons (Fsp3) is 0.526. The number of carbonyl (C=O) groups is 3. The van der Waals surface area contributed by atoms with Gasteiger partial charge in [0.05, 0.1) is 6.54 Å². The molecule has 0 atom stereocenters. The summed E-state index contributed by atoms with van der Waals surface area (Å²) in [6, 6.07) is 5.73. The van der Waals surface area contributed by atoms with Crippen molar-refractivity contribution >= 4 is 23.5 Å². The third kappa shape index (κ3) is 6.21. The minimum absolute atomic E-state index is 0.160. The largest absolute Gasteiger partial charge is 0.456 e. The van der Waals surface area contributed by atoms with Crippen molar-refractivity contribution in [2.45, 2.75) is 46.0 Å². The number of aryl methyl sites for hydroxylation is 2. The Morgan fingerprint density at radius 1 is 1.08 bits per heavy atom. The summed E-state index contributed by atoms with van der Waals surface area (Å²) in [6.45, 7) is 3.31. The third-order valence-electron chi connectivity index (χ3n) is 4.49. The first kappa shape index (κ1) is 19.0. The first-order valence-electron chi connectivity index (χ1n) is 8.74. The third-order valence-corrected chi connectivity index (χ3v) is 4.49. The Morgan fingerprint density at radius 3 is 2.36 bits per heavy atom. The highest BCUT2D eigenvalue weighted by molar-refractivity contribution is 5.96. The molecule has 6 heteroatoms. The average molecular weight is 346 g/mol. The molecule has 1 saturated carbocycles. The molecule has 0 aromatic heterocycles. The van der Waals surface area contributed by atoms with E-state index in [1.54, 1.807) is 0 Å². The minimum atomic E-state index is -0.476. The van der Waals surface area contributed by atoms with E-state index in [0.29, 0.717) is 12.3 Å². The zero-order valence-electron chi connectivity index (χ0n) is 14.9. The van der Waals surface area contributed by atoms with Gasteiger partial charge in [0.1, 0.15) is 0 Å². The Labute approximate surface area is 148 Å². The van der Waals surface area contributed by atoms with Crippen LogP contribution in [0, 0.1) is 19.8 Å². The Bertz CT molecular complexity index is 616. The molecule has 136 valence electrons. The zero-order valence-corrected chi connectivity index (χ0v) is 14.9. The van der Waals surface area contributed by atoms with Crippen LogP contribution in [0.1, 0.15) is 43.2 Å². The molecule has 1 aromatic rings. The van der Waals surface area contributed by atoms with Gasteiger partial charge < -0.3 is 15.4 Å². The van der Waals surface area contributed by atoms with Gasteiger partial charge in [0.25, 0.3) is 5.91 Å². The summed E-state index contributed by atoms with van der Waals surface area (Å²) in [4.78, 5) is 35.3. The fourth-order valence-corrected chi connectivity index (χ4v) is 3.08. The van der Waals surface area contributed by atoms with E-state index in [9.17, 15) is 14.4 Å². The lowest BCUT2D eigenvalue weighted by molar-refractivity contribution is -0.149. The molecule has 0 unspecified atom stereocenters. The van der Waals surface area contributed by atoms with E-state index in [0.717, 1.165) is 42.5 Å². The highest BCUT2D eigenvalue weighted by atomic mass is 16.5. The molecule has 25 heavy (non-hydrogen) atoms. The summed E-state index contributed by atoms with van der Waals surface area (Å²) < 4.78 is 4.97. The molecule has 6 nitrogen and oxygen atoms in total. The van der Waals surface area contributed by atoms with Crippen molar-refractivity contribution in [3.63, 3.8) is 0 Å². The summed E-state index contributed by atoms with van der Waals surface area (Å²) in [5, 5.41) is 5.25. The second kappa shape index (κ2) is 9.20. The van der Waals surface area contributed by atoms with Crippen LogP contribution in [0.2, 0.25) is 0 Å². The molecule has 0 bridgehead atoms.